The zero-order valence-corrected chi connectivity index (χ0v) is 8.72. The summed E-state index contributed by atoms with van der Waals surface area (Å²) in [5, 5.41) is 3.86. The van der Waals surface area contributed by atoms with Crippen LogP contribution in [0.1, 0.15) is 41.0 Å². The minimum Gasteiger partial charge on any atom is -0.303 e. The van der Waals surface area contributed by atoms with Gasteiger partial charge in [-0.3, -0.25) is 0 Å². The van der Waals surface area contributed by atoms with E-state index in [9.17, 15) is 0 Å². The van der Waals surface area contributed by atoms with Gasteiger partial charge in [-0.2, -0.15) is 0 Å². The molecule has 0 radical (unpaired) electrons. The fourth-order valence-electron chi connectivity index (χ4n) is 1.22. The lowest BCUT2D eigenvalue weighted by atomic mass is 9.82. The summed E-state index contributed by atoms with van der Waals surface area (Å²) in [5.41, 5.74) is 1.06. The molecule has 0 heterocycles. The van der Waals surface area contributed by atoms with Crippen LogP contribution in [0.15, 0.2) is 5.16 Å². The molecule has 1 unspecified atom stereocenters. The van der Waals surface area contributed by atoms with Crippen LogP contribution >= 0.6 is 0 Å². The maximum atomic E-state index is 4.93. The molecule has 0 rings (SSSR count). The molecular formula is C9H20N2O. The number of oxime groups is 1. The van der Waals surface area contributed by atoms with Gasteiger partial charge in [-0.05, 0) is 12.3 Å². The van der Waals surface area contributed by atoms with Gasteiger partial charge in [-0.1, -0.05) is 39.8 Å². The smallest absolute Gasteiger partial charge is 0.0678 e. The summed E-state index contributed by atoms with van der Waals surface area (Å²) in [6.45, 7) is 10.6. The molecule has 0 saturated carbocycles. The molecule has 3 nitrogen and oxygen atoms in total. The van der Waals surface area contributed by atoms with Crippen molar-refractivity contribution in [3.8, 4) is 0 Å². The van der Waals surface area contributed by atoms with Crippen LogP contribution < -0.4 is 5.90 Å². The Kier molecular flexibility index (Phi) is 4.24. The van der Waals surface area contributed by atoms with Crippen molar-refractivity contribution in [3.63, 3.8) is 0 Å². The first-order chi connectivity index (χ1) is 5.43. The van der Waals surface area contributed by atoms with Gasteiger partial charge in [0.15, 0.2) is 0 Å². The van der Waals surface area contributed by atoms with Crippen molar-refractivity contribution in [2.45, 2.75) is 41.0 Å². The van der Waals surface area contributed by atoms with Crippen LogP contribution in [0.3, 0.4) is 0 Å². The van der Waals surface area contributed by atoms with E-state index in [2.05, 4.69) is 44.7 Å². The fourth-order valence-corrected chi connectivity index (χ4v) is 1.22. The number of hydrogen-bond acceptors (Lipinski definition) is 3. The molecule has 0 saturated heterocycles. The van der Waals surface area contributed by atoms with E-state index in [0.717, 1.165) is 12.1 Å². The minimum atomic E-state index is 0.0365. The Bertz CT molecular complexity index is 158. The molecule has 3 heteroatoms. The summed E-state index contributed by atoms with van der Waals surface area (Å²) in [7, 11) is 0. The normalized spacial score (nSPS) is 16.0. The summed E-state index contributed by atoms with van der Waals surface area (Å²) in [6.07, 6.45) is 1.06. The quantitative estimate of drug-likeness (QED) is 0.524. The van der Waals surface area contributed by atoms with Crippen LogP contribution in [0.4, 0.5) is 0 Å². The molecule has 2 N–H and O–H groups in total. The van der Waals surface area contributed by atoms with E-state index in [1.54, 1.807) is 0 Å². The van der Waals surface area contributed by atoms with Gasteiger partial charge < -0.3 is 4.94 Å². The molecule has 0 aliphatic heterocycles. The average molecular weight is 172 g/mol. The summed E-state index contributed by atoms with van der Waals surface area (Å²) in [6, 6.07) is 0. The minimum absolute atomic E-state index is 0.0365. The van der Waals surface area contributed by atoms with Crippen LogP contribution in [0, 0.1) is 11.3 Å². The number of hydrogen-bond donors (Lipinski definition) is 1. The third-order valence-electron chi connectivity index (χ3n) is 2.00. The molecule has 0 aliphatic carbocycles. The molecule has 0 aliphatic rings. The topological polar surface area (TPSA) is 47.6 Å². The first-order valence-corrected chi connectivity index (χ1v) is 4.37. The SMILES string of the molecule is CCC(C)/C(=N\ON)C(C)(C)C. The van der Waals surface area contributed by atoms with Gasteiger partial charge in [0.05, 0.1) is 5.71 Å². The number of nitrogens with zero attached hydrogens (tertiary/aromatic N) is 1. The molecular weight excluding hydrogens is 152 g/mol. The van der Waals surface area contributed by atoms with E-state index in [4.69, 9.17) is 5.90 Å². The highest BCUT2D eigenvalue weighted by atomic mass is 16.7. The van der Waals surface area contributed by atoms with Crippen LogP contribution in [0.25, 0.3) is 0 Å². The standard InChI is InChI=1S/C9H20N2O/c1-6-7(2)8(11-12-10)9(3,4)5/h7H,6,10H2,1-5H3/b11-8+. The Morgan fingerprint density at radius 3 is 2.25 bits per heavy atom. The highest BCUT2D eigenvalue weighted by Crippen LogP contribution is 2.23. The second-order valence-corrected chi connectivity index (χ2v) is 4.14. The van der Waals surface area contributed by atoms with Gasteiger partial charge in [0.2, 0.25) is 0 Å². The van der Waals surface area contributed by atoms with Gasteiger partial charge in [0, 0.05) is 5.41 Å². The van der Waals surface area contributed by atoms with Crippen molar-refractivity contribution in [2.24, 2.45) is 22.4 Å². The highest BCUT2D eigenvalue weighted by molar-refractivity contribution is 5.90. The van der Waals surface area contributed by atoms with E-state index >= 15 is 0 Å². The van der Waals surface area contributed by atoms with E-state index in [0.29, 0.717) is 5.92 Å². The maximum absolute atomic E-state index is 4.93. The second kappa shape index (κ2) is 4.45. The first-order valence-electron chi connectivity index (χ1n) is 4.37. The van der Waals surface area contributed by atoms with Gasteiger partial charge in [-0.25, -0.2) is 0 Å². The Labute approximate surface area is 74.9 Å². The van der Waals surface area contributed by atoms with Gasteiger partial charge >= 0.3 is 0 Å². The summed E-state index contributed by atoms with van der Waals surface area (Å²) < 4.78 is 0. The predicted molar refractivity (Wildman–Crippen MR) is 51.6 cm³/mol. The fraction of sp³-hybridized carbons (Fsp3) is 0.889. The summed E-state index contributed by atoms with van der Waals surface area (Å²) >= 11 is 0. The monoisotopic (exact) mass is 172 g/mol. The third kappa shape index (κ3) is 3.22. The van der Waals surface area contributed by atoms with Crippen LogP contribution in [0.2, 0.25) is 0 Å². The zero-order valence-electron chi connectivity index (χ0n) is 8.72. The molecule has 0 fully saturated rings. The molecule has 72 valence electrons. The van der Waals surface area contributed by atoms with Gasteiger partial charge in [0.1, 0.15) is 0 Å². The largest absolute Gasteiger partial charge is 0.303 e. The lowest BCUT2D eigenvalue weighted by Gasteiger charge is -2.24. The van der Waals surface area contributed by atoms with Crippen molar-refractivity contribution in [1.29, 1.82) is 0 Å². The molecule has 0 spiro atoms. The second-order valence-electron chi connectivity index (χ2n) is 4.14. The summed E-state index contributed by atoms with van der Waals surface area (Å²) in [5.74, 6) is 5.36. The van der Waals surface area contributed by atoms with Crippen molar-refractivity contribution in [2.75, 3.05) is 0 Å². The van der Waals surface area contributed by atoms with Crippen molar-refractivity contribution in [1.82, 2.24) is 0 Å². The van der Waals surface area contributed by atoms with Crippen LogP contribution in [-0.2, 0) is 4.94 Å². The predicted octanol–water partition coefficient (Wildman–Crippen LogP) is 2.32. The molecule has 0 aromatic rings. The molecule has 0 aromatic heterocycles. The van der Waals surface area contributed by atoms with E-state index in [-0.39, 0.29) is 5.41 Å². The molecule has 1 atom stereocenters. The van der Waals surface area contributed by atoms with Crippen molar-refractivity contribution < 1.29 is 4.94 Å². The summed E-state index contributed by atoms with van der Waals surface area (Å²) in [4.78, 5) is 4.34. The number of nitrogens with two attached hydrogens (primary N) is 1. The average Bonchev–Trinajstić information content (AvgIpc) is 1.96. The van der Waals surface area contributed by atoms with Gasteiger partial charge in [0.25, 0.3) is 0 Å². The first kappa shape index (κ1) is 11.4. The molecule has 0 aromatic carbocycles. The maximum Gasteiger partial charge on any atom is 0.0678 e. The van der Waals surface area contributed by atoms with E-state index in [1.165, 1.54) is 0 Å². The van der Waals surface area contributed by atoms with Crippen molar-refractivity contribution in [3.05, 3.63) is 0 Å². The third-order valence-corrected chi connectivity index (χ3v) is 2.00. The Balaban J connectivity index is 4.56. The van der Waals surface area contributed by atoms with E-state index < -0.39 is 0 Å². The molecule has 12 heavy (non-hydrogen) atoms. The van der Waals surface area contributed by atoms with E-state index in [1.807, 2.05) is 0 Å². The highest BCUT2D eigenvalue weighted by Gasteiger charge is 2.24. The lowest BCUT2D eigenvalue weighted by Crippen LogP contribution is -2.27. The van der Waals surface area contributed by atoms with Crippen LogP contribution in [0.5, 0.6) is 0 Å². The Hall–Kier alpha value is -0.570. The Morgan fingerprint density at radius 1 is 1.50 bits per heavy atom. The van der Waals surface area contributed by atoms with Gasteiger partial charge in [-0.15, -0.1) is 5.90 Å². The number of rotatable bonds is 3. The molecule has 0 amide bonds. The Morgan fingerprint density at radius 2 is 2.00 bits per heavy atom. The van der Waals surface area contributed by atoms with Crippen molar-refractivity contribution >= 4 is 5.71 Å². The lowest BCUT2D eigenvalue weighted by molar-refractivity contribution is 0.143. The molecule has 0 bridgehead atoms. The zero-order chi connectivity index (χ0) is 9.78. The van der Waals surface area contributed by atoms with Crippen LogP contribution in [-0.4, -0.2) is 5.71 Å².